The number of unbranched alkanes of at least 4 members (excludes halogenated alkanes) is 1. The smallest absolute Gasteiger partial charge is 0.310 e. The number of ketones is 1. The van der Waals surface area contributed by atoms with Crippen molar-refractivity contribution in [1.29, 1.82) is 0 Å². The number of halogens is 1. The number of benzene rings is 2. The van der Waals surface area contributed by atoms with Gasteiger partial charge in [-0.25, -0.2) is 9.37 Å². The number of Topliss-reactive ketones (excluding diaryl/α,β-unsaturated/α-hetero) is 1. The van der Waals surface area contributed by atoms with E-state index in [1.807, 2.05) is 50.2 Å². The molecule has 0 aliphatic rings. The first-order chi connectivity index (χ1) is 16.8. The van der Waals surface area contributed by atoms with Crippen molar-refractivity contribution in [2.75, 3.05) is 0 Å². The minimum Gasteiger partial charge on any atom is -0.487 e. The third kappa shape index (κ3) is 6.44. The summed E-state index contributed by atoms with van der Waals surface area (Å²) in [5.74, 6) is -1.06. The van der Waals surface area contributed by atoms with Gasteiger partial charge in [0.25, 0.3) is 0 Å². The Labute approximate surface area is 206 Å². The Balaban J connectivity index is 1.79. The molecule has 1 unspecified atom stereocenters. The molecule has 0 amide bonds. The Kier molecular flexibility index (Phi) is 8.96. The van der Waals surface area contributed by atoms with Crippen molar-refractivity contribution >= 4 is 22.7 Å². The van der Waals surface area contributed by atoms with Crippen molar-refractivity contribution in [1.82, 2.24) is 4.98 Å². The van der Waals surface area contributed by atoms with Gasteiger partial charge in [-0.3, -0.25) is 9.59 Å². The lowest BCUT2D eigenvalue weighted by molar-refractivity contribution is -0.152. The number of rotatable bonds is 13. The lowest BCUT2D eigenvalue weighted by Crippen LogP contribution is -2.34. The summed E-state index contributed by atoms with van der Waals surface area (Å²) in [4.78, 5) is 29.8. The minimum atomic E-state index is -1.03. The average Bonchev–Trinajstić information content (AvgIpc) is 2.86. The second kappa shape index (κ2) is 11.9. The van der Waals surface area contributed by atoms with Crippen LogP contribution in [0.15, 0.2) is 54.6 Å². The van der Waals surface area contributed by atoms with E-state index in [0.717, 1.165) is 23.8 Å². The monoisotopic (exact) mass is 479 g/mol. The van der Waals surface area contributed by atoms with Crippen LogP contribution in [0.3, 0.4) is 0 Å². The summed E-state index contributed by atoms with van der Waals surface area (Å²) in [6.07, 6.45) is 3.33. The van der Waals surface area contributed by atoms with Gasteiger partial charge in [-0.2, -0.15) is 0 Å². The van der Waals surface area contributed by atoms with Crippen LogP contribution in [0.2, 0.25) is 0 Å². The first kappa shape index (κ1) is 26.3. The number of nitrogens with zero attached hydrogens (tertiary/aromatic N) is 1. The molecule has 1 N–H and O–H groups in total. The van der Waals surface area contributed by atoms with Crippen LogP contribution in [-0.2, 0) is 16.2 Å². The van der Waals surface area contributed by atoms with Crippen molar-refractivity contribution in [2.45, 2.75) is 71.8 Å². The lowest BCUT2D eigenvalue weighted by atomic mass is 9.74. The number of hydrogen-bond donors (Lipinski definition) is 1. The molecule has 0 spiro atoms. The number of carboxylic acid groups (broad SMARTS) is 1. The number of carboxylic acids is 1. The molecule has 0 aliphatic carbocycles. The number of aliphatic carboxylic acids is 1. The topological polar surface area (TPSA) is 76.5 Å². The molecule has 35 heavy (non-hydrogen) atoms. The van der Waals surface area contributed by atoms with Crippen LogP contribution in [0.1, 0.15) is 76.5 Å². The molecule has 0 bridgehead atoms. The largest absolute Gasteiger partial charge is 0.487 e. The van der Waals surface area contributed by atoms with E-state index in [1.165, 1.54) is 12.1 Å². The molecule has 1 heterocycles. The van der Waals surface area contributed by atoms with E-state index in [4.69, 9.17) is 4.74 Å². The molecule has 1 aromatic heterocycles. The van der Waals surface area contributed by atoms with Gasteiger partial charge in [0.1, 0.15) is 24.0 Å². The zero-order valence-corrected chi connectivity index (χ0v) is 20.7. The van der Waals surface area contributed by atoms with Gasteiger partial charge in [-0.1, -0.05) is 51.8 Å². The summed E-state index contributed by atoms with van der Waals surface area (Å²) in [6, 6.07) is 15.7. The van der Waals surface area contributed by atoms with Gasteiger partial charge in [-0.15, -0.1) is 0 Å². The second-order valence-corrected chi connectivity index (χ2v) is 9.13. The van der Waals surface area contributed by atoms with E-state index in [1.54, 1.807) is 6.07 Å². The molecule has 186 valence electrons. The molecule has 2 aromatic carbocycles. The summed E-state index contributed by atoms with van der Waals surface area (Å²) >= 11 is 0. The van der Waals surface area contributed by atoms with E-state index >= 15 is 0 Å². The Morgan fingerprint density at radius 1 is 1.06 bits per heavy atom. The number of carbonyl (C=O) groups is 2. The summed E-state index contributed by atoms with van der Waals surface area (Å²) in [5.41, 5.74) is 1.04. The Hall–Kier alpha value is -3.28. The first-order valence-corrected chi connectivity index (χ1v) is 12.4. The SMILES string of the molecule is CCCCC(C(=O)CC(CC)(CC)C(=O)O)c1cccc(OCc2ccc3ccc(F)cc3n2)c1. The molecule has 0 fully saturated rings. The van der Waals surface area contributed by atoms with Gasteiger partial charge in [0.05, 0.1) is 16.6 Å². The highest BCUT2D eigenvalue weighted by Crippen LogP contribution is 2.36. The maximum Gasteiger partial charge on any atom is 0.310 e. The van der Waals surface area contributed by atoms with E-state index < -0.39 is 11.4 Å². The van der Waals surface area contributed by atoms with Crippen molar-refractivity contribution in [3.05, 3.63) is 71.7 Å². The molecule has 3 aromatic rings. The Morgan fingerprint density at radius 2 is 1.80 bits per heavy atom. The van der Waals surface area contributed by atoms with Crippen LogP contribution in [0.25, 0.3) is 10.9 Å². The fourth-order valence-corrected chi connectivity index (χ4v) is 4.45. The second-order valence-electron chi connectivity index (χ2n) is 9.13. The van der Waals surface area contributed by atoms with Crippen molar-refractivity contribution in [3.8, 4) is 5.75 Å². The molecule has 0 saturated carbocycles. The summed E-state index contributed by atoms with van der Waals surface area (Å²) in [7, 11) is 0. The van der Waals surface area contributed by atoms with Crippen molar-refractivity contribution in [2.24, 2.45) is 5.41 Å². The average molecular weight is 480 g/mol. The molecule has 5 nitrogen and oxygen atoms in total. The van der Waals surface area contributed by atoms with Crippen LogP contribution >= 0.6 is 0 Å². The van der Waals surface area contributed by atoms with E-state index in [-0.39, 0.29) is 30.5 Å². The number of carbonyl (C=O) groups excluding carboxylic acids is 1. The van der Waals surface area contributed by atoms with E-state index in [9.17, 15) is 19.1 Å². The maximum absolute atomic E-state index is 13.6. The summed E-state index contributed by atoms with van der Waals surface area (Å²) < 4.78 is 19.5. The number of hydrogen-bond acceptors (Lipinski definition) is 4. The van der Waals surface area contributed by atoms with Crippen molar-refractivity contribution in [3.63, 3.8) is 0 Å². The van der Waals surface area contributed by atoms with Gasteiger partial charge >= 0.3 is 5.97 Å². The summed E-state index contributed by atoms with van der Waals surface area (Å²) in [6.45, 7) is 5.94. The first-order valence-electron chi connectivity index (χ1n) is 12.4. The zero-order valence-electron chi connectivity index (χ0n) is 20.7. The number of aromatic nitrogens is 1. The minimum absolute atomic E-state index is 0.0202. The molecule has 0 radical (unpaired) electrons. The quantitative estimate of drug-likeness (QED) is 0.283. The number of ether oxygens (including phenoxy) is 1. The van der Waals surface area contributed by atoms with E-state index in [2.05, 4.69) is 11.9 Å². The molecule has 0 aliphatic heterocycles. The fourth-order valence-electron chi connectivity index (χ4n) is 4.45. The van der Waals surface area contributed by atoms with Gasteiger partial charge in [0.15, 0.2) is 0 Å². The van der Waals surface area contributed by atoms with Gasteiger partial charge in [-0.05, 0) is 55.2 Å². The third-order valence-corrected chi connectivity index (χ3v) is 6.91. The molecule has 3 rings (SSSR count). The zero-order chi connectivity index (χ0) is 25.4. The molecular formula is C29H34FNO4. The van der Waals surface area contributed by atoms with Gasteiger partial charge in [0, 0.05) is 23.8 Å². The fraction of sp³-hybridized carbons (Fsp3) is 0.414. The standard InChI is InChI=1S/C29H34FNO4/c1-4-7-11-25(27(32)18-29(5-2,6-3)28(33)34)21-9-8-10-24(16-21)35-19-23-15-13-20-12-14-22(30)17-26(20)31-23/h8-10,12-17,25H,4-7,11,18-19H2,1-3H3,(H,33,34). The van der Waals surface area contributed by atoms with Crippen LogP contribution < -0.4 is 4.74 Å². The Bertz CT molecular complexity index is 1170. The molecule has 0 saturated heterocycles. The molecular weight excluding hydrogens is 445 g/mol. The normalized spacial score (nSPS) is 12.5. The molecule has 1 atom stereocenters. The van der Waals surface area contributed by atoms with Crippen LogP contribution in [0.4, 0.5) is 4.39 Å². The predicted octanol–water partition coefficient (Wildman–Crippen LogP) is 7.08. The van der Waals surface area contributed by atoms with Crippen molar-refractivity contribution < 1.29 is 23.8 Å². The third-order valence-electron chi connectivity index (χ3n) is 6.91. The molecule has 6 heteroatoms. The van der Waals surface area contributed by atoms with E-state index in [0.29, 0.717) is 36.2 Å². The summed E-state index contributed by atoms with van der Waals surface area (Å²) in [5, 5.41) is 10.7. The van der Waals surface area contributed by atoms with Crippen LogP contribution in [-0.4, -0.2) is 21.8 Å². The van der Waals surface area contributed by atoms with Crippen LogP contribution in [0.5, 0.6) is 5.75 Å². The highest BCUT2D eigenvalue weighted by molar-refractivity contribution is 5.90. The number of fused-ring (bicyclic) bond motifs is 1. The van der Waals surface area contributed by atoms with Gasteiger partial charge < -0.3 is 9.84 Å². The van der Waals surface area contributed by atoms with Gasteiger partial charge in [0.2, 0.25) is 0 Å². The lowest BCUT2D eigenvalue weighted by Gasteiger charge is -2.28. The highest BCUT2D eigenvalue weighted by atomic mass is 19.1. The van der Waals surface area contributed by atoms with Crippen LogP contribution in [0, 0.1) is 11.2 Å². The Morgan fingerprint density at radius 3 is 2.49 bits per heavy atom. The maximum atomic E-state index is 13.6. The highest BCUT2D eigenvalue weighted by Gasteiger charge is 2.39. The number of pyridine rings is 1. The predicted molar refractivity (Wildman–Crippen MR) is 135 cm³/mol.